The molecular formula is C19H26N2O5S. The highest BCUT2D eigenvalue weighted by Crippen LogP contribution is 2.23. The average molecular weight is 394 g/mol. The Morgan fingerprint density at radius 2 is 1.93 bits per heavy atom. The van der Waals surface area contributed by atoms with Crippen molar-refractivity contribution in [2.24, 2.45) is 0 Å². The summed E-state index contributed by atoms with van der Waals surface area (Å²) >= 11 is 1.48. The van der Waals surface area contributed by atoms with Crippen molar-refractivity contribution in [3.8, 4) is 5.75 Å². The maximum atomic E-state index is 12.5. The predicted molar refractivity (Wildman–Crippen MR) is 103 cm³/mol. The highest BCUT2D eigenvalue weighted by Gasteiger charge is 2.27. The Kier molecular flexibility index (Phi) is 7.97. The highest BCUT2D eigenvalue weighted by molar-refractivity contribution is 8.00. The molecule has 1 saturated heterocycles. The van der Waals surface area contributed by atoms with Crippen LogP contribution in [0.1, 0.15) is 26.2 Å². The SMILES string of the molecule is COc1ccc(SCC(=O)N2CCCC(N(CC(=O)O)C(C)=O)CC2)cc1. The summed E-state index contributed by atoms with van der Waals surface area (Å²) in [6.07, 6.45) is 2.07. The zero-order valence-electron chi connectivity index (χ0n) is 15.7. The Morgan fingerprint density at radius 3 is 2.52 bits per heavy atom. The van der Waals surface area contributed by atoms with Crippen LogP contribution in [0.3, 0.4) is 0 Å². The first-order valence-corrected chi connectivity index (χ1v) is 9.93. The lowest BCUT2D eigenvalue weighted by Crippen LogP contribution is -2.43. The standard InChI is InChI=1S/C19H26N2O5S/c1-14(22)21(12-19(24)25)15-4-3-10-20(11-9-15)18(23)13-27-17-7-5-16(26-2)6-8-17/h5-8,15H,3-4,9-13H2,1-2H3,(H,24,25). The molecule has 7 nitrogen and oxygen atoms in total. The van der Waals surface area contributed by atoms with Crippen molar-refractivity contribution < 1.29 is 24.2 Å². The number of carbonyl (C=O) groups excluding carboxylic acids is 2. The van der Waals surface area contributed by atoms with Gasteiger partial charge in [0.2, 0.25) is 11.8 Å². The number of methoxy groups -OCH3 is 1. The molecule has 0 aromatic heterocycles. The van der Waals surface area contributed by atoms with Gasteiger partial charge in [0, 0.05) is 31.0 Å². The third kappa shape index (κ3) is 6.46. The second-order valence-electron chi connectivity index (χ2n) is 6.47. The van der Waals surface area contributed by atoms with E-state index < -0.39 is 5.97 Å². The summed E-state index contributed by atoms with van der Waals surface area (Å²) < 4.78 is 5.12. The molecule has 1 aliphatic rings. The van der Waals surface area contributed by atoms with Crippen LogP contribution in [0.25, 0.3) is 0 Å². The van der Waals surface area contributed by atoms with Crippen LogP contribution in [0, 0.1) is 0 Å². The van der Waals surface area contributed by atoms with Crippen LogP contribution in [-0.2, 0) is 14.4 Å². The lowest BCUT2D eigenvalue weighted by Gasteiger charge is -2.28. The van der Waals surface area contributed by atoms with Gasteiger partial charge in [-0.2, -0.15) is 0 Å². The van der Waals surface area contributed by atoms with Gasteiger partial charge >= 0.3 is 5.97 Å². The van der Waals surface area contributed by atoms with Gasteiger partial charge in [-0.25, -0.2) is 0 Å². The molecule has 1 N–H and O–H groups in total. The first kappa shape index (κ1) is 21.1. The largest absolute Gasteiger partial charge is 0.497 e. The molecule has 0 radical (unpaired) electrons. The van der Waals surface area contributed by atoms with Crippen LogP contribution in [0.4, 0.5) is 0 Å². The van der Waals surface area contributed by atoms with Crippen LogP contribution in [0.2, 0.25) is 0 Å². The molecule has 27 heavy (non-hydrogen) atoms. The van der Waals surface area contributed by atoms with E-state index in [2.05, 4.69) is 0 Å². The number of nitrogens with zero attached hydrogens (tertiary/aromatic N) is 2. The summed E-state index contributed by atoms with van der Waals surface area (Å²) in [5.74, 6) is -0.0667. The molecular weight excluding hydrogens is 368 g/mol. The van der Waals surface area contributed by atoms with Gasteiger partial charge in [0.05, 0.1) is 12.9 Å². The third-order valence-electron chi connectivity index (χ3n) is 4.62. The smallest absolute Gasteiger partial charge is 0.323 e. The lowest BCUT2D eigenvalue weighted by atomic mass is 10.1. The summed E-state index contributed by atoms with van der Waals surface area (Å²) in [7, 11) is 1.61. The maximum Gasteiger partial charge on any atom is 0.323 e. The van der Waals surface area contributed by atoms with E-state index in [4.69, 9.17) is 9.84 Å². The Morgan fingerprint density at radius 1 is 1.22 bits per heavy atom. The molecule has 1 atom stereocenters. The Labute approximate surface area is 163 Å². The molecule has 148 valence electrons. The van der Waals surface area contributed by atoms with Crippen LogP contribution in [0.15, 0.2) is 29.2 Å². The summed E-state index contributed by atoms with van der Waals surface area (Å²) in [5, 5.41) is 9.02. The molecule has 1 aliphatic heterocycles. The van der Waals surface area contributed by atoms with Crippen molar-refractivity contribution in [1.82, 2.24) is 9.80 Å². The minimum Gasteiger partial charge on any atom is -0.497 e. The predicted octanol–water partition coefficient (Wildman–Crippen LogP) is 2.10. The van der Waals surface area contributed by atoms with E-state index in [0.29, 0.717) is 31.7 Å². The van der Waals surface area contributed by atoms with E-state index in [1.165, 1.54) is 23.6 Å². The minimum absolute atomic E-state index is 0.0593. The van der Waals surface area contributed by atoms with E-state index in [-0.39, 0.29) is 24.4 Å². The van der Waals surface area contributed by atoms with Crippen LogP contribution in [0.5, 0.6) is 5.75 Å². The highest BCUT2D eigenvalue weighted by atomic mass is 32.2. The Bertz CT molecular complexity index is 665. The molecule has 1 aromatic carbocycles. The van der Waals surface area contributed by atoms with Crippen molar-refractivity contribution >= 4 is 29.5 Å². The molecule has 1 unspecified atom stereocenters. The van der Waals surface area contributed by atoms with Crippen molar-refractivity contribution in [3.05, 3.63) is 24.3 Å². The van der Waals surface area contributed by atoms with Gasteiger partial charge in [-0.1, -0.05) is 0 Å². The summed E-state index contributed by atoms with van der Waals surface area (Å²) in [6, 6.07) is 7.44. The Balaban J connectivity index is 1.87. The van der Waals surface area contributed by atoms with E-state index in [1.54, 1.807) is 7.11 Å². The molecule has 1 fully saturated rings. The van der Waals surface area contributed by atoms with E-state index in [1.807, 2.05) is 29.2 Å². The van der Waals surface area contributed by atoms with Gasteiger partial charge in [-0.3, -0.25) is 14.4 Å². The van der Waals surface area contributed by atoms with Crippen molar-refractivity contribution in [1.29, 1.82) is 0 Å². The fourth-order valence-corrected chi connectivity index (χ4v) is 3.99. The van der Waals surface area contributed by atoms with Gasteiger partial charge in [0.15, 0.2) is 0 Å². The van der Waals surface area contributed by atoms with E-state index in [9.17, 15) is 14.4 Å². The van der Waals surface area contributed by atoms with Crippen molar-refractivity contribution in [3.63, 3.8) is 0 Å². The second kappa shape index (κ2) is 10.2. The molecule has 0 saturated carbocycles. The molecule has 2 rings (SSSR count). The summed E-state index contributed by atoms with van der Waals surface area (Å²) in [4.78, 5) is 39.6. The molecule has 2 amide bonds. The average Bonchev–Trinajstić information content (AvgIpc) is 2.90. The van der Waals surface area contributed by atoms with Gasteiger partial charge in [0.25, 0.3) is 0 Å². The molecule has 0 bridgehead atoms. The number of ether oxygens (including phenoxy) is 1. The van der Waals surface area contributed by atoms with E-state index >= 15 is 0 Å². The molecule has 1 aromatic rings. The Hall–Kier alpha value is -2.22. The molecule has 0 spiro atoms. The number of likely N-dealkylation sites (tertiary alicyclic amines) is 1. The number of aliphatic carboxylic acids is 1. The monoisotopic (exact) mass is 394 g/mol. The first-order valence-electron chi connectivity index (χ1n) is 8.94. The first-order chi connectivity index (χ1) is 12.9. The van der Waals surface area contributed by atoms with Crippen LogP contribution in [-0.4, -0.2) is 71.2 Å². The van der Waals surface area contributed by atoms with Crippen LogP contribution < -0.4 is 4.74 Å². The lowest BCUT2D eigenvalue weighted by molar-refractivity contribution is -0.145. The molecule has 0 aliphatic carbocycles. The van der Waals surface area contributed by atoms with Gasteiger partial charge in [0.1, 0.15) is 12.3 Å². The second-order valence-corrected chi connectivity index (χ2v) is 7.52. The number of carboxylic acids is 1. The van der Waals surface area contributed by atoms with Gasteiger partial charge < -0.3 is 19.6 Å². The quantitative estimate of drug-likeness (QED) is 0.713. The number of hydrogen-bond acceptors (Lipinski definition) is 5. The fourth-order valence-electron chi connectivity index (χ4n) is 3.19. The maximum absolute atomic E-state index is 12.5. The zero-order chi connectivity index (χ0) is 19.8. The van der Waals surface area contributed by atoms with Crippen molar-refractivity contribution in [2.75, 3.05) is 32.5 Å². The topological polar surface area (TPSA) is 87.2 Å². The number of hydrogen-bond donors (Lipinski definition) is 1. The molecule has 8 heteroatoms. The normalized spacial score (nSPS) is 17.1. The minimum atomic E-state index is -1.02. The number of rotatable bonds is 7. The van der Waals surface area contributed by atoms with Crippen molar-refractivity contribution in [2.45, 2.75) is 37.1 Å². The van der Waals surface area contributed by atoms with Gasteiger partial charge in [-0.15, -0.1) is 11.8 Å². The number of amides is 2. The number of carboxylic acid groups (broad SMARTS) is 1. The number of thioether (sulfide) groups is 1. The summed E-state index contributed by atoms with van der Waals surface area (Å²) in [6.45, 7) is 2.27. The number of carbonyl (C=O) groups is 3. The van der Waals surface area contributed by atoms with Crippen LogP contribution >= 0.6 is 11.8 Å². The summed E-state index contributed by atoms with van der Waals surface area (Å²) in [5.41, 5.74) is 0. The molecule has 1 heterocycles. The van der Waals surface area contributed by atoms with Gasteiger partial charge in [-0.05, 0) is 43.5 Å². The van der Waals surface area contributed by atoms with E-state index in [0.717, 1.165) is 17.1 Å². The fraction of sp³-hybridized carbons (Fsp3) is 0.526. The third-order valence-corrected chi connectivity index (χ3v) is 5.62. The number of benzene rings is 1. The zero-order valence-corrected chi connectivity index (χ0v) is 16.5.